The molecule has 5 heteroatoms. The predicted molar refractivity (Wildman–Crippen MR) is 106 cm³/mol. The summed E-state index contributed by atoms with van der Waals surface area (Å²) in [4.78, 5) is 5.45. The Balaban J connectivity index is 1.47. The summed E-state index contributed by atoms with van der Waals surface area (Å²) < 4.78 is 2.06. The number of rotatable bonds is 4. The van der Waals surface area contributed by atoms with Crippen LogP contribution in [0.1, 0.15) is 42.5 Å². The zero-order valence-corrected chi connectivity index (χ0v) is 16.4. The van der Waals surface area contributed by atoms with Gasteiger partial charge >= 0.3 is 0 Å². The van der Waals surface area contributed by atoms with Gasteiger partial charge in [-0.25, -0.2) is 0 Å². The fraction of sp³-hybridized carbons (Fsp3) is 0.591. The Bertz CT molecular complexity index is 823. The lowest BCUT2D eigenvalue weighted by Gasteiger charge is -2.51. The van der Waals surface area contributed by atoms with Crippen LogP contribution in [0.15, 0.2) is 30.5 Å². The molecule has 0 saturated carbocycles. The van der Waals surface area contributed by atoms with Gasteiger partial charge in [0.25, 0.3) is 0 Å². The molecule has 4 fully saturated rings. The highest BCUT2D eigenvalue weighted by Crippen LogP contribution is 2.47. The zero-order valence-electron chi connectivity index (χ0n) is 16.4. The summed E-state index contributed by atoms with van der Waals surface area (Å²) in [5, 5.41) is 14.7. The van der Waals surface area contributed by atoms with Gasteiger partial charge in [-0.05, 0) is 63.4 Å². The number of benzene rings is 1. The number of aromatic nitrogens is 2. The molecule has 0 unspecified atom stereocenters. The van der Waals surface area contributed by atoms with Crippen LogP contribution in [0.25, 0.3) is 0 Å². The number of aryl methyl sites for hydroxylation is 2. The van der Waals surface area contributed by atoms with Crippen LogP contribution in [0.4, 0.5) is 0 Å². The highest BCUT2D eigenvalue weighted by Gasteiger charge is 2.53. The van der Waals surface area contributed by atoms with Crippen molar-refractivity contribution in [3.8, 4) is 5.75 Å². The second kappa shape index (κ2) is 6.64. The van der Waals surface area contributed by atoms with Gasteiger partial charge < -0.3 is 5.11 Å². The number of piperidine rings is 3. The standard InChI is InChI=1S/C22H30N4O/c1-3-26-13-18(15(2)23-26)12-25-14-20(17-5-4-6-19(27)11-17)22-21(25)16-7-9-24(22)10-8-16/h4-6,11,13,16,20-22,27H,3,7-10,12,14H2,1-2H3/t20-,21+,22+/m0/s1. The van der Waals surface area contributed by atoms with Gasteiger partial charge in [0.15, 0.2) is 0 Å². The normalized spacial score (nSPS) is 32.7. The summed E-state index contributed by atoms with van der Waals surface area (Å²) in [6.07, 6.45) is 4.89. The predicted octanol–water partition coefficient (Wildman–Crippen LogP) is 2.98. The quantitative estimate of drug-likeness (QED) is 0.904. The molecule has 144 valence electrons. The van der Waals surface area contributed by atoms with Crippen molar-refractivity contribution in [1.29, 1.82) is 0 Å². The Labute approximate surface area is 161 Å². The number of phenols is 1. The Kier molecular flexibility index (Phi) is 4.25. The van der Waals surface area contributed by atoms with E-state index < -0.39 is 0 Å². The Morgan fingerprint density at radius 1 is 1.19 bits per heavy atom. The molecule has 3 atom stereocenters. The molecule has 4 aliphatic heterocycles. The smallest absolute Gasteiger partial charge is 0.115 e. The highest BCUT2D eigenvalue weighted by molar-refractivity contribution is 5.33. The van der Waals surface area contributed by atoms with Crippen molar-refractivity contribution in [1.82, 2.24) is 19.6 Å². The Morgan fingerprint density at radius 2 is 2.00 bits per heavy atom. The van der Waals surface area contributed by atoms with Crippen LogP contribution in [-0.4, -0.2) is 56.4 Å². The first-order chi connectivity index (χ1) is 13.1. The molecular formula is C22H30N4O. The van der Waals surface area contributed by atoms with Gasteiger partial charge in [0.05, 0.1) is 5.69 Å². The maximum Gasteiger partial charge on any atom is 0.115 e. The average Bonchev–Trinajstić information content (AvgIpc) is 3.25. The second-order valence-electron chi connectivity index (χ2n) is 8.58. The van der Waals surface area contributed by atoms with Gasteiger partial charge in [-0.1, -0.05) is 12.1 Å². The van der Waals surface area contributed by atoms with Crippen LogP contribution >= 0.6 is 0 Å². The molecule has 1 aromatic heterocycles. The van der Waals surface area contributed by atoms with Crippen molar-refractivity contribution < 1.29 is 5.11 Å². The van der Waals surface area contributed by atoms with Crippen molar-refractivity contribution in [2.45, 2.75) is 57.8 Å². The van der Waals surface area contributed by atoms with Crippen molar-refractivity contribution in [3.05, 3.63) is 47.3 Å². The van der Waals surface area contributed by atoms with E-state index in [1.807, 2.05) is 12.1 Å². The van der Waals surface area contributed by atoms with E-state index >= 15 is 0 Å². The summed E-state index contributed by atoms with van der Waals surface area (Å²) in [6, 6.07) is 9.17. The fourth-order valence-electron chi connectivity index (χ4n) is 5.87. The van der Waals surface area contributed by atoms with Crippen LogP contribution in [0.5, 0.6) is 5.75 Å². The lowest BCUT2D eigenvalue weighted by atomic mass is 9.75. The van der Waals surface area contributed by atoms with Crippen LogP contribution in [0.2, 0.25) is 0 Å². The van der Waals surface area contributed by atoms with Crippen LogP contribution in [0.3, 0.4) is 0 Å². The van der Waals surface area contributed by atoms with Crippen LogP contribution in [-0.2, 0) is 13.1 Å². The fourth-order valence-corrected chi connectivity index (χ4v) is 5.87. The molecule has 0 amide bonds. The number of likely N-dealkylation sites (tertiary alicyclic amines) is 1. The van der Waals surface area contributed by atoms with E-state index in [2.05, 4.69) is 45.7 Å². The topological polar surface area (TPSA) is 44.5 Å². The van der Waals surface area contributed by atoms with Gasteiger partial charge in [-0.3, -0.25) is 14.5 Å². The molecule has 6 rings (SSSR count). The zero-order chi connectivity index (χ0) is 18.5. The third kappa shape index (κ3) is 2.88. The van der Waals surface area contributed by atoms with Crippen molar-refractivity contribution >= 4 is 0 Å². The molecule has 2 aromatic rings. The molecule has 2 bridgehead atoms. The minimum Gasteiger partial charge on any atom is -0.508 e. The van der Waals surface area contributed by atoms with E-state index in [-0.39, 0.29) is 0 Å². The maximum absolute atomic E-state index is 10.0. The number of nitrogens with zero attached hydrogens (tertiary/aromatic N) is 4. The first-order valence-electron chi connectivity index (χ1n) is 10.4. The third-order valence-corrected chi connectivity index (χ3v) is 7.14. The molecule has 5 heterocycles. The van der Waals surface area contributed by atoms with E-state index in [4.69, 9.17) is 0 Å². The molecule has 0 radical (unpaired) electrons. The van der Waals surface area contributed by atoms with Gasteiger partial charge in [-0.2, -0.15) is 5.10 Å². The number of fused-ring (bicyclic) bond motifs is 2. The third-order valence-electron chi connectivity index (χ3n) is 7.14. The first kappa shape index (κ1) is 17.3. The molecule has 1 aromatic carbocycles. The summed E-state index contributed by atoms with van der Waals surface area (Å²) >= 11 is 0. The number of hydrogen-bond acceptors (Lipinski definition) is 4. The monoisotopic (exact) mass is 366 g/mol. The van der Waals surface area contributed by atoms with E-state index in [0.717, 1.165) is 31.2 Å². The number of phenolic OH excluding ortho intramolecular Hbond substituents is 1. The summed E-state index contributed by atoms with van der Waals surface area (Å²) in [5.74, 6) is 1.68. The number of aromatic hydroxyl groups is 1. The minimum atomic E-state index is 0.388. The molecule has 5 nitrogen and oxygen atoms in total. The van der Waals surface area contributed by atoms with Crippen molar-refractivity contribution in [2.24, 2.45) is 5.92 Å². The van der Waals surface area contributed by atoms with Gasteiger partial charge in [-0.15, -0.1) is 0 Å². The molecule has 1 N–H and O–H groups in total. The van der Waals surface area contributed by atoms with Crippen molar-refractivity contribution in [3.63, 3.8) is 0 Å². The molecule has 0 spiro atoms. The molecule has 4 saturated heterocycles. The van der Waals surface area contributed by atoms with Crippen LogP contribution < -0.4 is 0 Å². The van der Waals surface area contributed by atoms with E-state index in [1.54, 1.807) is 6.07 Å². The summed E-state index contributed by atoms with van der Waals surface area (Å²) in [7, 11) is 0. The molecule has 0 aliphatic carbocycles. The molecule has 27 heavy (non-hydrogen) atoms. The van der Waals surface area contributed by atoms with Gasteiger partial charge in [0.1, 0.15) is 5.75 Å². The highest BCUT2D eigenvalue weighted by atomic mass is 16.3. The van der Waals surface area contributed by atoms with E-state index in [1.165, 1.54) is 37.1 Å². The Morgan fingerprint density at radius 3 is 2.70 bits per heavy atom. The average molecular weight is 367 g/mol. The summed E-state index contributed by atoms with van der Waals surface area (Å²) in [5.41, 5.74) is 3.82. The Hall–Kier alpha value is -1.85. The molecule has 4 aliphatic rings. The second-order valence-corrected chi connectivity index (χ2v) is 8.58. The van der Waals surface area contributed by atoms with Crippen molar-refractivity contribution in [2.75, 3.05) is 19.6 Å². The maximum atomic E-state index is 10.0. The first-order valence-corrected chi connectivity index (χ1v) is 10.4. The van der Waals surface area contributed by atoms with Gasteiger partial charge in [0, 0.05) is 49.4 Å². The van der Waals surface area contributed by atoms with Crippen LogP contribution in [0, 0.1) is 12.8 Å². The number of hydrogen-bond donors (Lipinski definition) is 1. The van der Waals surface area contributed by atoms with E-state index in [0.29, 0.717) is 23.8 Å². The molecular weight excluding hydrogens is 336 g/mol. The lowest BCUT2D eigenvalue weighted by molar-refractivity contribution is -0.00874. The SMILES string of the molecule is CCn1cc(CN2C[C@@H](c3cccc(O)c3)[C@@H]3[C@H]2C2CCN3CC2)c(C)n1. The van der Waals surface area contributed by atoms with E-state index in [9.17, 15) is 5.11 Å². The summed E-state index contributed by atoms with van der Waals surface area (Å²) in [6.45, 7) is 9.75. The minimum absolute atomic E-state index is 0.388. The lowest BCUT2D eigenvalue weighted by Crippen LogP contribution is -2.59. The van der Waals surface area contributed by atoms with Gasteiger partial charge in [0.2, 0.25) is 0 Å². The largest absolute Gasteiger partial charge is 0.508 e.